The van der Waals surface area contributed by atoms with Crippen molar-refractivity contribution in [2.45, 2.75) is 45.0 Å². The van der Waals surface area contributed by atoms with Gasteiger partial charge in [-0.2, -0.15) is 17.4 Å². The quantitative estimate of drug-likeness (QED) is 0.0657. The fourth-order valence-electron chi connectivity index (χ4n) is 8.54. The first kappa shape index (κ1) is 70.4. The minimum Gasteiger partial charge on any atom is -0.699 e. The van der Waals surface area contributed by atoms with Crippen LogP contribution in [0.2, 0.25) is 0 Å². The second-order valence-electron chi connectivity index (χ2n) is 18.5. The Morgan fingerprint density at radius 1 is 0.465 bits per heavy atom. The number of imidazole rings is 2. The molecule has 0 saturated heterocycles. The molecular weight excluding hydrogens is 1470 g/mol. The van der Waals surface area contributed by atoms with E-state index in [1.54, 1.807) is 12.4 Å². The van der Waals surface area contributed by atoms with Gasteiger partial charge in [-0.25, -0.2) is 9.19 Å². The van der Waals surface area contributed by atoms with E-state index in [1.165, 1.54) is 22.5 Å². The number of aliphatic hydroxyl groups excluding tert-OH is 2. The van der Waals surface area contributed by atoms with Crippen molar-refractivity contribution in [3.63, 3.8) is 0 Å². The Morgan fingerprint density at radius 3 is 1.17 bits per heavy atom. The Labute approximate surface area is 528 Å². The van der Waals surface area contributed by atoms with Crippen LogP contribution in [0.1, 0.15) is 50.7 Å². The van der Waals surface area contributed by atoms with Crippen molar-refractivity contribution in [1.29, 1.82) is 0 Å². The normalized spacial score (nSPS) is 11.0. The molecule has 0 fully saturated rings. The molecule has 4 heterocycles. The summed E-state index contributed by atoms with van der Waals surface area (Å²) in [6.45, 7) is 8.93. The Kier molecular flexibility index (Phi) is 29.0. The van der Waals surface area contributed by atoms with Crippen LogP contribution in [0.4, 0.5) is 13.2 Å². The molecule has 12 rings (SSSR count). The Morgan fingerprint density at radius 2 is 0.802 bits per heavy atom. The molecule has 11 nitrogen and oxygen atoms in total. The van der Waals surface area contributed by atoms with Crippen molar-refractivity contribution < 1.29 is 76.6 Å². The molecule has 1 unspecified atom stereocenters. The van der Waals surface area contributed by atoms with Crippen LogP contribution in [-0.4, -0.2) is 72.0 Å². The molecule has 0 aliphatic carbocycles. The first-order valence-electron chi connectivity index (χ1n) is 26.5. The summed E-state index contributed by atoms with van der Waals surface area (Å²) >= 11 is 0. The van der Waals surface area contributed by atoms with Gasteiger partial charge in [0.15, 0.2) is 0 Å². The SMILES string of the molecule is CC(C)c1ccccc1-n1c(-c2[c-]cccc2)nc2ccccc21.CC(C)c1ccccc1-n1c(-c2ccccc2)nc2ccccc21.CO.CO.O=S([O-])(=[OH+])C(F)(F)F.[Ir].[Ir].[c-]1ccccc1-c1ccccn1.[c-]1ccccc1-c1ccccn1. The Bertz CT molecular complexity index is 3660. The molecule has 12 aromatic rings. The number of para-hydroxylation sites is 6. The monoisotopic (exact) mass is 1530 g/mol. The van der Waals surface area contributed by atoms with E-state index in [-0.39, 0.29) is 40.2 Å². The number of pyridine rings is 2. The number of alkyl halides is 3. The second kappa shape index (κ2) is 35.4. The molecule has 3 N–H and O–H groups in total. The van der Waals surface area contributed by atoms with Crippen molar-refractivity contribution in [3.05, 3.63) is 278 Å². The van der Waals surface area contributed by atoms with Gasteiger partial charge in [0.05, 0.1) is 33.6 Å². The third kappa shape index (κ3) is 19.2. The van der Waals surface area contributed by atoms with E-state index in [4.69, 9.17) is 33.2 Å². The maximum Gasteiger partial charge on any atom is 0.532 e. The predicted molar refractivity (Wildman–Crippen MR) is 330 cm³/mol. The van der Waals surface area contributed by atoms with Gasteiger partial charge in [-0.05, 0) is 82.9 Å². The smallest absolute Gasteiger partial charge is 0.532 e. The van der Waals surface area contributed by atoms with Gasteiger partial charge in [-0.3, -0.25) is 9.55 Å². The number of rotatable bonds is 8. The molecule has 2 radical (unpaired) electrons. The summed E-state index contributed by atoms with van der Waals surface area (Å²) in [6, 6.07) is 89.2. The molecule has 0 bridgehead atoms. The zero-order valence-corrected chi connectivity index (χ0v) is 53.5. The molecule has 1 atom stereocenters. The number of halogens is 3. The van der Waals surface area contributed by atoms with Crippen LogP contribution in [0.25, 0.3) is 78.7 Å². The van der Waals surface area contributed by atoms with Crippen molar-refractivity contribution in [2.75, 3.05) is 14.2 Å². The van der Waals surface area contributed by atoms with Gasteiger partial charge in [0.25, 0.3) is 0 Å². The van der Waals surface area contributed by atoms with Crippen molar-refractivity contribution >= 4 is 32.2 Å². The first-order chi connectivity index (χ1) is 40.7. The minimum atomic E-state index is -5.84. The Hall–Kier alpha value is -8.08. The fraction of sp³-hybridized carbons (Fsp3) is 0.130. The summed E-state index contributed by atoms with van der Waals surface area (Å²) in [4.78, 5) is 18.2. The number of hydrogen-bond donors (Lipinski definition) is 2. The molecule has 0 aliphatic rings. The van der Waals surface area contributed by atoms with E-state index in [9.17, 15) is 13.2 Å². The van der Waals surface area contributed by atoms with Crippen molar-refractivity contribution in [1.82, 2.24) is 29.1 Å². The molecular formula is C69H64F3Ir2N6O5S-3. The maximum atomic E-state index is 10.7. The van der Waals surface area contributed by atoms with E-state index >= 15 is 0 Å². The van der Waals surface area contributed by atoms with E-state index in [2.05, 4.69) is 180 Å². The largest absolute Gasteiger partial charge is 0.699 e. The van der Waals surface area contributed by atoms with E-state index < -0.39 is 15.6 Å². The molecule has 0 saturated carbocycles. The van der Waals surface area contributed by atoms with Crippen LogP contribution in [0.3, 0.4) is 0 Å². The molecule has 0 amide bonds. The maximum absolute atomic E-state index is 10.7. The van der Waals surface area contributed by atoms with Crippen LogP contribution in [0.5, 0.6) is 0 Å². The molecule has 17 heteroatoms. The van der Waals surface area contributed by atoms with Crippen LogP contribution in [-0.2, 0) is 50.3 Å². The van der Waals surface area contributed by atoms with Crippen LogP contribution in [0.15, 0.2) is 249 Å². The number of fused-ring (bicyclic) bond motifs is 2. The van der Waals surface area contributed by atoms with Crippen molar-refractivity contribution in [2.24, 2.45) is 0 Å². The number of benzene rings is 8. The fourth-order valence-corrected chi connectivity index (χ4v) is 8.54. The molecule has 448 valence electrons. The van der Waals surface area contributed by atoms with Gasteiger partial charge in [0.1, 0.15) is 5.82 Å². The zero-order chi connectivity index (χ0) is 60.5. The molecule has 0 spiro atoms. The van der Waals surface area contributed by atoms with Gasteiger partial charge in [-0.15, -0.1) is 108 Å². The predicted octanol–water partition coefficient (Wildman–Crippen LogP) is 16.0. The van der Waals surface area contributed by atoms with Crippen LogP contribution in [0, 0.1) is 18.2 Å². The average molecular weight is 1530 g/mol. The summed E-state index contributed by atoms with van der Waals surface area (Å²) < 4.78 is 62.1. The third-order valence-corrected chi connectivity index (χ3v) is 12.9. The number of aliphatic hydroxyl groups is 2. The number of nitrogens with zero attached hydrogens (tertiary/aromatic N) is 6. The van der Waals surface area contributed by atoms with Gasteiger partial charge >= 0.3 is 15.6 Å². The van der Waals surface area contributed by atoms with Crippen LogP contribution < -0.4 is 0 Å². The van der Waals surface area contributed by atoms with Crippen molar-refractivity contribution in [3.8, 4) is 56.7 Å². The van der Waals surface area contributed by atoms with E-state index in [0.29, 0.717) is 11.8 Å². The summed E-state index contributed by atoms with van der Waals surface area (Å²) in [7, 11) is -3.84. The van der Waals surface area contributed by atoms with Gasteiger partial charge in [0.2, 0.25) is 0 Å². The standard InChI is InChI=1S/C22H20N2.C22H19N2.2C11H8N.CHF3O3S.2CH4O.2Ir/c2*1-16(2)18-12-6-8-14-20(18)24-21-15-9-7-13-19(21)23-22(24)17-10-4-3-5-11-17;2*1-2-6-10(7-3-1)11-8-4-5-9-12-11;2-1(3,4)8(5,6)7;2*1-2;;/h3-16H,1-2H3;3-10,12-16H,1-2H3;2*1-6,8-9H;(H,5,6,7);2*2H,1H3;;/q;3*-1;;;;;. The van der Waals surface area contributed by atoms with Gasteiger partial charge < -0.3 is 29.3 Å². The topological polar surface area (TPSA) is 163 Å². The molecule has 0 aliphatic heterocycles. The number of aromatic nitrogens is 6. The Balaban J connectivity index is 0.000000238. The second-order valence-corrected chi connectivity index (χ2v) is 19.9. The summed E-state index contributed by atoms with van der Waals surface area (Å²) in [5.41, 5.74) is 9.96. The third-order valence-electron chi connectivity index (χ3n) is 12.3. The summed E-state index contributed by atoms with van der Waals surface area (Å²) in [5, 5.41) is 14.0. The molecule has 4 aromatic heterocycles. The molecule has 86 heavy (non-hydrogen) atoms. The van der Waals surface area contributed by atoms with Gasteiger partial charge in [0, 0.05) is 78.1 Å². The summed E-state index contributed by atoms with van der Waals surface area (Å²) in [5.74, 6) is 2.82. The molecule has 8 aromatic carbocycles. The number of hydrogen-bond acceptors (Lipinski definition) is 8. The average Bonchev–Trinajstić information content (AvgIpc) is 1.85. The van der Waals surface area contributed by atoms with Gasteiger partial charge in [-0.1, -0.05) is 143 Å². The zero-order valence-electron chi connectivity index (χ0n) is 47.9. The summed E-state index contributed by atoms with van der Waals surface area (Å²) in [6.07, 6.45) is 3.58. The first-order valence-corrected chi connectivity index (χ1v) is 28.0. The minimum absolute atomic E-state index is 0. The van der Waals surface area contributed by atoms with Crippen LogP contribution >= 0.6 is 0 Å². The van der Waals surface area contributed by atoms with E-state index in [1.807, 2.05) is 121 Å². The van der Waals surface area contributed by atoms with E-state index in [0.717, 1.165) is 81.6 Å².